The number of rotatable bonds is 6. The number of nitrogens with two attached hydrogens (primary N) is 1. The van der Waals surface area contributed by atoms with Crippen LogP contribution in [0.4, 0.5) is 4.79 Å². The standard InChI is InChI=1S/C17H17ClN2O2S/c18-14-8-6-13(7-9-14)11-23-17(22)20-15(16(19)21)10-12-4-2-1-3-5-12/h1-9,15H,10-11H2,(H2,19,21)(H,20,22)/t15-/m0/s1. The fourth-order valence-corrected chi connectivity index (χ4v) is 2.83. The number of halogens is 1. The Morgan fingerprint density at radius 3 is 2.30 bits per heavy atom. The van der Waals surface area contributed by atoms with E-state index in [4.69, 9.17) is 17.3 Å². The van der Waals surface area contributed by atoms with E-state index in [0.717, 1.165) is 22.9 Å². The highest BCUT2D eigenvalue weighted by Crippen LogP contribution is 2.16. The second-order valence-corrected chi connectivity index (χ2v) is 6.38. The Kier molecular flexibility index (Phi) is 6.50. The molecule has 0 aliphatic heterocycles. The number of primary amides is 1. The van der Waals surface area contributed by atoms with Crippen LogP contribution in [0.1, 0.15) is 11.1 Å². The van der Waals surface area contributed by atoms with Gasteiger partial charge >= 0.3 is 0 Å². The van der Waals surface area contributed by atoms with Gasteiger partial charge in [0, 0.05) is 17.2 Å². The molecule has 120 valence electrons. The highest BCUT2D eigenvalue weighted by Gasteiger charge is 2.18. The van der Waals surface area contributed by atoms with Crippen LogP contribution in [0.5, 0.6) is 0 Å². The molecule has 0 aromatic heterocycles. The Morgan fingerprint density at radius 2 is 1.70 bits per heavy atom. The molecule has 1 atom stereocenters. The van der Waals surface area contributed by atoms with Gasteiger partial charge in [-0.2, -0.15) is 0 Å². The van der Waals surface area contributed by atoms with Gasteiger partial charge in [0.25, 0.3) is 5.24 Å². The third kappa shape index (κ3) is 5.96. The van der Waals surface area contributed by atoms with Crippen LogP contribution in [-0.2, 0) is 17.0 Å². The van der Waals surface area contributed by atoms with Crippen molar-refractivity contribution < 1.29 is 9.59 Å². The molecular formula is C17H17ClN2O2S. The predicted octanol–water partition coefficient (Wildman–Crippen LogP) is 3.38. The van der Waals surface area contributed by atoms with Crippen LogP contribution < -0.4 is 11.1 Å². The quantitative estimate of drug-likeness (QED) is 0.840. The molecule has 2 amide bonds. The number of thioether (sulfide) groups is 1. The van der Waals surface area contributed by atoms with Gasteiger partial charge in [0.1, 0.15) is 6.04 Å². The van der Waals surface area contributed by atoms with Gasteiger partial charge in [-0.15, -0.1) is 0 Å². The minimum Gasteiger partial charge on any atom is -0.368 e. The summed E-state index contributed by atoms with van der Waals surface area (Å²) in [5, 5.41) is 3.04. The van der Waals surface area contributed by atoms with E-state index in [1.54, 1.807) is 12.1 Å². The number of nitrogens with one attached hydrogen (secondary N) is 1. The summed E-state index contributed by atoms with van der Waals surface area (Å²) in [5.41, 5.74) is 7.30. The van der Waals surface area contributed by atoms with Crippen LogP contribution in [0.25, 0.3) is 0 Å². The number of amides is 2. The molecule has 4 nitrogen and oxygen atoms in total. The summed E-state index contributed by atoms with van der Waals surface area (Å²) in [6.07, 6.45) is 0.378. The first-order valence-electron chi connectivity index (χ1n) is 7.05. The van der Waals surface area contributed by atoms with Gasteiger partial charge in [-0.25, -0.2) is 0 Å². The summed E-state index contributed by atoms with van der Waals surface area (Å²) >= 11 is 6.91. The minimum absolute atomic E-state index is 0.278. The maximum atomic E-state index is 12.0. The molecule has 0 aliphatic rings. The molecule has 2 aromatic carbocycles. The Hall–Kier alpha value is -1.98. The van der Waals surface area contributed by atoms with E-state index in [9.17, 15) is 9.59 Å². The van der Waals surface area contributed by atoms with Crippen molar-refractivity contribution in [1.82, 2.24) is 5.32 Å². The van der Waals surface area contributed by atoms with Crippen LogP contribution in [0.15, 0.2) is 54.6 Å². The van der Waals surface area contributed by atoms with Crippen molar-refractivity contribution >= 4 is 34.5 Å². The topological polar surface area (TPSA) is 72.2 Å². The first-order valence-corrected chi connectivity index (χ1v) is 8.42. The molecule has 0 bridgehead atoms. The first-order chi connectivity index (χ1) is 11.0. The summed E-state index contributed by atoms with van der Waals surface area (Å²) in [6.45, 7) is 0. The number of carbonyl (C=O) groups is 2. The van der Waals surface area contributed by atoms with E-state index in [0.29, 0.717) is 17.2 Å². The summed E-state index contributed by atoms with van der Waals surface area (Å²) in [7, 11) is 0. The second-order valence-electron chi connectivity index (χ2n) is 4.99. The van der Waals surface area contributed by atoms with Gasteiger partial charge < -0.3 is 11.1 Å². The molecule has 2 aromatic rings. The number of carbonyl (C=O) groups excluding carboxylic acids is 2. The lowest BCUT2D eigenvalue weighted by atomic mass is 10.1. The van der Waals surface area contributed by atoms with Crippen LogP contribution >= 0.6 is 23.4 Å². The van der Waals surface area contributed by atoms with Gasteiger partial charge in [-0.1, -0.05) is 65.8 Å². The molecular weight excluding hydrogens is 332 g/mol. The molecule has 0 aliphatic carbocycles. The largest absolute Gasteiger partial charge is 0.368 e. The van der Waals surface area contributed by atoms with Gasteiger partial charge in [0.05, 0.1) is 0 Å². The first kappa shape index (κ1) is 17.4. The maximum absolute atomic E-state index is 12.0. The molecule has 0 unspecified atom stereocenters. The van der Waals surface area contributed by atoms with Crippen LogP contribution in [0, 0.1) is 0 Å². The van der Waals surface area contributed by atoms with Crippen LogP contribution in [0.2, 0.25) is 5.02 Å². The third-order valence-corrected chi connectivity index (χ3v) is 4.31. The summed E-state index contributed by atoms with van der Waals surface area (Å²) in [6, 6.07) is 16.0. The Balaban J connectivity index is 1.88. The highest BCUT2D eigenvalue weighted by atomic mass is 35.5. The lowest BCUT2D eigenvalue weighted by Gasteiger charge is -2.15. The van der Waals surface area contributed by atoms with Crippen molar-refractivity contribution in [2.75, 3.05) is 0 Å². The van der Waals surface area contributed by atoms with Gasteiger partial charge in [-0.3, -0.25) is 9.59 Å². The van der Waals surface area contributed by atoms with Crippen LogP contribution in [0.3, 0.4) is 0 Å². The van der Waals surface area contributed by atoms with E-state index < -0.39 is 11.9 Å². The van der Waals surface area contributed by atoms with Gasteiger partial charge in [0.15, 0.2) is 0 Å². The smallest absolute Gasteiger partial charge is 0.280 e. The molecule has 0 saturated heterocycles. The van der Waals surface area contributed by atoms with Crippen molar-refractivity contribution in [2.24, 2.45) is 5.73 Å². The average Bonchev–Trinajstić information content (AvgIpc) is 2.54. The van der Waals surface area contributed by atoms with Crippen molar-refractivity contribution in [3.63, 3.8) is 0 Å². The number of hydrogen-bond acceptors (Lipinski definition) is 3. The summed E-state index contributed by atoms with van der Waals surface area (Å²) in [5.74, 6) is -0.0471. The predicted molar refractivity (Wildman–Crippen MR) is 94.4 cm³/mol. The normalized spacial score (nSPS) is 11.7. The minimum atomic E-state index is -0.720. The summed E-state index contributed by atoms with van der Waals surface area (Å²) < 4.78 is 0. The van der Waals surface area contributed by atoms with E-state index in [-0.39, 0.29) is 5.24 Å². The van der Waals surface area contributed by atoms with E-state index in [1.165, 1.54) is 0 Å². The Morgan fingerprint density at radius 1 is 1.04 bits per heavy atom. The second kappa shape index (κ2) is 8.60. The van der Waals surface area contributed by atoms with E-state index >= 15 is 0 Å². The zero-order valence-electron chi connectivity index (χ0n) is 12.4. The lowest BCUT2D eigenvalue weighted by Crippen LogP contribution is -2.44. The van der Waals surface area contributed by atoms with Crippen molar-refractivity contribution in [3.05, 3.63) is 70.7 Å². The highest BCUT2D eigenvalue weighted by molar-refractivity contribution is 8.12. The molecule has 6 heteroatoms. The molecule has 0 radical (unpaired) electrons. The Labute approximate surface area is 144 Å². The van der Waals surface area contributed by atoms with Crippen molar-refractivity contribution in [1.29, 1.82) is 0 Å². The molecule has 0 fully saturated rings. The number of benzene rings is 2. The lowest BCUT2D eigenvalue weighted by molar-refractivity contribution is -0.119. The monoisotopic (exact) mass is 348 g/mol. The van der Waals surface area contributed by atoms with Crippen LogP contribution in [-0.4, -0.2) is 17.2 Å². The third-order valence-electron chi connectivity index (χ3n) is 3.20. The fourth-order valence-electron chi connectivity index (χ4n) is 1.99. The SMILES string of the molecule is NC(=O)[C@H](Cc1ccccc1)NC(=O)SCc1ccc(Cl)cc1. The molecule has 0 heterocycles. The summed E-state index contributed by atoms with van der Waals surface area (Å²) in [4.78, 5) is 23.5. The molecule has 23 heavy (non-hydrogen) atoms. The zero-order chi connectivity index (χ0) is 16.7. The van der Waals surface area contributed by atoms with Crippen molar-refractivity contribution in [2.45, 2.75) is 18.2 Å². The molecule has 0 saturated carbocycles. The Bertz CT molecular complexity index is 662. The maximum Gasteiger partial charge on any atom is 0.280 e. The molecule has 0 spiro atoms. The van der Waals surface area contributed by atoms with Crippen molar-refractivity contribution in [3.8, 4) is 0 Å². The molecule has 2 rings (SSSR count). The number of hydrogen-bond donors (Lipinski definition) is 2. The molecule has 3 N–H and O–H groups in total. The van der Waals surface area contributed by atoms with Gasteiger partial charge in [0.2, 0.25) is 5.91 Å². The van der Waals surface area contributed by atoms with E-state index in [1.807, 2.05) is 42.5 Å². The van der Waals surface area contributed by atoms with Gasteiger partial charge in [-0.05, 0) is 23.3 Å². The zero-order valence-corrected chi connectivity index (χ0v) is 13.9. The average molecular weight is 349 g/mol. The fraction of sp³-hybridized carbons (Fsp3) is 0.176. The van der Waals surface area contributed by atoms with E-state index in [2.05, 4.69) is 5.32 Å².